The molecule has 11 rings (SSSR count). The molecule has 0 bridgehead atoms. The summed E-state index contributed by atoms with van der Waals surface area (Å²) in [4.78, 5) is 12.5. The van der Waals surface area contributed by atoms with Crippen molar-refractivity contribution in [2.24, 2.45) is 0 Å². The van der Waals surface area contributed by atoms with Crippen molar-refractivity contribution in [2.75, 3.05) is 0 Å². The molecule has 0 aliphatic heterocycles. The van der Waals surface area contributed by atoms with E-state index in [0.717, 1.165) is 44.9 Å². The molecule has 10 aromatic rings. The standard InChI is InChI=1S/C58H39N2OS.Pt/c1-38-32-44(37-52(59-38)40-18-15-19-41(33-40)53-35-43(39-16-5-2-6-17-39)36-54(60-53)49-25-12-14-27-55(49)61)57-31-30-56(62-57)42-28-29-48-47-24-11-13-26-50(47)58(51(48)34-42,45-20-7-3-8-21-45)46-22-9-4-10-23-46;/h2-32,34-37,61H,1H3;/q-1;. The molecule has 3 heterocycles. The minimum Gasteiger partial charge on any atom is -0.507 e. The van der Waals surface area contributed by atoms with E-state index in [0.29, 0.717) is 11.3 Å². The quantitative estimate of drug-likeness (QED) is 0.154. The van der Waals surface area contributed by atoms with E-state index in [4.69, 9.17) is 9.97 Å². The van der Waals surface area contributed by atoms with E-state index in [1.165, 1.54) is 48.7 Å². The van der Waals surface area contributed by atoms with E-state index in [1.807, 2.05) is 54.6 Å². The van der Waals surface area contributed by atoms with Gasteiger partial charge in [0.2, 0.25) is 0 Å². The van der Waals surface area contributed by atoms with Gasteiger partial charge in [0.1, 0.15) is 5.75 Å². The number of rotatable bonds is 8. The van der Waals surface area contributed by atoms with Crippen molar-refractivity contribution in [3.8, 4) is 82.7 Å². The summed E-state index contributed by atoms with van der Waals surface area (Å²) in [6.07, 6.45) is 0. The molecule has 0 spiro atoms. The number of nitrogens with zero attached hydrogens (tertiary/aromatic N) is 2. The first-order valence-electron chi connectivity index (χ1n) is 20.9. The van der Waals surface area contributed by atoms with E-state index in [2.05, 4.69) is 165 Å². The van der Waals surface area contributed by atoms with Crippen LogP contribution in [0.5, 0.6) is 5.75 Å². The van der Waals surface area contributed by atoms with Gasteiger partial charge in [-0.25, -0.2) is 0 Å². The van der Waals surface area contributed by atoms with Gasteiger partial charge in [-0.1, -0.05) is 163 Å². The van der Waals surface area contributed by atoms with Crippen LogP contribution in [0.2, 0.25) is 0 Å². The van der Waals surface area contributed by atoms with E-state index >= 15 is 0 Å². The SMILES string of the molecule is Cc1cc(-c2ccc(-c3ccc4c(c3)C(c3ccccc3)(c3ccccc3)c3ccccc3-4)s2)cc(-c2[c-]c(-c3cc(-c4ccccc4)cc(-c4ccccc4O)n3)ccc2)n1.[Pt]. The van der Waals surface area contributed by atoms with Crippen LogP contribution in [0.4, 0.5) is 0 Å². The number of benzene rings is 7. The summed E-state index contributed by atoms with van der Waals surface area (Å²) in [5, 5.41) is 10.8. The number of fused-ring (bicyclic) bond motifs is 3. The average molecular weight is 1010 g/mol. The summed E-state index contributed by atoms with van der Waals surface area (Å²) >= 11 is 1.80. The van der Waals surface area contributed by atoms with E-state index in [1.54, 1.807) is 17.4 Å². The van der Waals surface area contributed by atoms with Crippen LogP contribution in [0.1, 0.15) is 27.9 Å². The first-order chi connectivity index (χ1) is 30.5. The van der Waals surface area contributed by atoms with Gasteiger partial charge in [0.15, 0.2) is 0 Å². The number of aryl methyl sites for hydroxylation is 1. The van der Waals surface area contributed by atoms with Crippen LogP contribution in [0.15, 0.2) is 212 Å². The zero-order chi connectivity index (χ0) is 41.6. The molecular formula is C58H39N2OPtS-. The molecular weight excluding hydrogens is 968 g/mol. The van der Waals surface area contributed by atoms with Crippen LogP contribution >= 0.6 is 11.3 Å². The number of hydrogen-bond acceptors (Lipinski definition) is 4. The number of pyridine rings is 2. The summed E-state index contributed by atoms with van der Waals surface area (Å²) in [5.41, 5.74) is 17.3. The summed E-state index contributed by atoms with van der Waals surface area (Å²) in [6, 6.07) is 78.3. The first kappa shape index (κ1) is 40.1. The number of para-hydroxylation sites is 1. The fraction of sp³-hybridized carbons (Fsp3) is 0.0345. The molecule has 304 valence electrons. The molecule has 0 radical (unpaired) electrons. The van der Waals surface area contributed by atoms with Gasteiger partial charge in [-0.3, -0.25) is 9.97 Å². The monoisotopic (exact) mass is 1010 g/mol. The first-order valence-corrected chi connectivity index (χ1v) is 21.7. The van der Waals surface area contributed by atoms with E-state index in [-0.39, 0.29) is 26.8 Å². The van der Waals surface area contributed by atoms with Crippen LogP contribution in [0, 0.1) is 13.0 Å². The second-order valence-corrected chi connectivity index (χ2v) is 16.9. The second kappa shape index (κ2) is 16.7. The summed E-state index contributed by atoms with van der Waals surface area (Å²) < 4.78 is 0. The Balaban J connectivity index is 0.00000471. The largest absolute Gasteiger partial charge is 0.507 e. The van der Waals surface area contributed by atoms with Crippen LogP contribution in [-0.2, 0) is 26.5 Å². The van der Waals surface area contributed by atoms with Crippen molar-refractivity contribution in [1.29, 1.82) is 0 Å². The second-order valence-electron chi connectivity index (χ2n) is 15.8. The maximum atomic E-state index is 10.8. The van der Waals surface area contributed by atoms with Crippen LogP contribution in [0.3, 0.4) is 0 Å². The molecule has 3 nitrogen and oxygen atoms in total. The molecule has 0 fully saturated rings. The molecule has 1 aliphatic rings. The number of hydrogen-bond donors (Lipinski definition) is 1. The molecule has 5 heteroatoms. The number of phenols is 1. The summed E-state index contributed by atoms with van der Waals surface area (Å²) in [7, 11) is 0. The zero-order valence-electron chi connectivity index (χ0n) is 34.3. The van der Waals surface area contributed by atoms with Gasteiger partial charge in [-0.2, -0.15) is 0 Å². The molecule has 0 atom stereocenters. The molecule has 0 amide bonds. The van der Waals surface area contributed by atoms with Gasteiger partial charge < -0.3 is 5.11 Å². The molecule has 0 unspecified atom stereocenters. The minimum atomic E-state index is -0.448. The van der Waals surface area contributed by atoms with Gasteiger partial charge in [0.05, 0.1) is 11.1 Å². The van der Waals surface area contributed by atoms with E-state index < -0.39 is 5.41 Å². The fourth-order valence-corrected chi connectivity index (χ4v) is 10.2. The van der Waals surface area contributed by atoms with Gasteiger partial charge in [-0.05, 0) is 105 Å². The third kappa shape index (κ3) is 7.16. The minimum absolute atomic E-state index is 0. The van der Waals surface area contributed by atoms with Crippen LogP contribution in [0.25, 0.3) is 76.9 Å². The Morgan fingerprint density at radius 3 is 1.68 bits per heavy atom. The third-order valence-electron chi connectivity index (χ3n) is 12.0. The van der Waals surface area contributed by atoms with Crippen molar-refractivity contribution >= 4 is 11.3 Å². The summed E-state index contributed by atoms with van der Waals surface area (Å²) in [5.74, 6) is 0.191. The Labute approximate surface area is 386 Å². The topological polar surface area (TPSA) is 46.0 Å². The molecule has 1 N–H and O–H groups in total. The Morgan fingerprint density at radius 1 is 0.429 bits per heavy atom. The molecule has 0 saturated heterocycles. The van der Waals surface area contributed by atoms with Gasteiger partial charge in [-0.15, -0.1) is 35.6 Å². The molecule has 1 aliphatic carbocycles. The Bertz CT molecular complexity index is 3230. The van der Waals surface area contributed by atoms with E-state index in [9.17, 15) is 5.11 Å². The van der Waals surface area contributed by atoms with Crippen molar-refractivity contribution in [3.63, 3.8) is 0 Å². The molecule has 3 aromatic heterocycles. The fourth-order valence-electron chi connectivity index (χ4n) is 9.26. The Morgan fingerprint density at radius 2 is 0.984 bits per heavy atom. The number of phenolic OH excluding ortho intramolecular Hbond substituents is 1. The van der Waals surface area contributed by atoms with Crippen molar-refractivity contribution < 1.29 is 26.2 Å². The molecule has 7 aromatic carbocycles. The Kier molecular flexibility index (Phi) is 10.6. The maximum absolute atomic E-state index is 10.8. The third-order valence-corrected chi connectivity index (χ3v) is 13.2. The number of thiophene rings is 1. The normalized spacial score (nSPS) is 12.3. The summed E-state index contributed by atoms with van der Waals surface area (Å²) in [6.45, 7) is 2.06. The van der Waals surface area contributed by atoms with Gasteiger partial charge in [0.25, 0.3) is 0 Å². The molecule has 63 heavy (non-hydrogen) atoms. The van der Waals surface area contributed by atoms with Crippen molar-refractivity contribution in [2.45, 2.75) is 12.3 Å². The van der Waals surface area contributed by atoms with Crippen molar-refractivity contribution in [1.82, 2.24) is 9.97 Å². The zero-order valence-corrected chi connectivity index (χ0v) is 37.4. The maximum Gasteiger partial charge on any atom is 0.124 e. The molecule has 0 saturated carbocycles. The predicted molar refractivity (Wildman–Crippen MR) is 255 cm³/mol. The Hall–Kier alpha value is -6.97. The van der Waals surface area contributed by atoms with Crippen LogP contribution in [-0.4, -0.2) is 15.1 Å². The number of aromatic nitrogens is 2. The number of aromatic hydroxyl groups is 1. The smallest absolute Gasteiger partial charge is 0.124 e. The predicted octanol–water partition coefficient (Wildman–Crippen LogP) is 14.7. The van der Waals surface area contributed by atoms with Gasteiger partial charge in [0, 0.05) is 53.5 Å². The van der Waals surface area contributed by atoms with Crippen molar-refractivity contribution in [3.05, 3.63) is 246 Å². The van der Waals surface area contributed by atoms with Gasteiger partial charge >= 0.3 is 0 Å². The average Bonchev–Trinajstić information content (AvgIpc) is 3.95. The van der Waals surface area contributed by atoms with Crippen LogP contribution < -0.4 is 0 Å².